The van der Waals surface area contributed by atoms with Crippen molar-refractivity contribution in [1.29, 1.82) is 0 Å². The summed E-state index contributed by atoms with van der Waals surface area (Å²) in [5.74, 6) is -0.517. The molecule has 2 N–H and O–H groups in total. The van der Waals surface area contributed by atoms with Gasteiger partial charge < -0.3 is 5.73 Å². The molecule has 0 spiro atoms. The Bertz CT molecular complexity index is 326. The van der Waals surface area contributed by atoms with Crippen molar-refractivity contribution in [3.05, 3.63) is 42.0 Å². The molecule has 0 radical (unpaired) electrons. The number of benzene rings is 1. The van der Waals surface area contributed by atoms with Crippen LogP contribution in [0.3, 0.4) is 0 Å². The lowest BCUT2D eigenvalue weighted by Crippen LogP contribution is -1.95. The van der Waals surface area contributed by atoms with Gasteiger partial charge in [-0.2, -0.15) is 0 Å². The van der Waals surface area contributed by atoms with E-state index >= 15 is 0 Å². The molecule has 76 valence electrons. The fourth-order valence-electron chi connectivity index (χ4n) is 0.895. The van der Waals surface area contributed by atoms with Gasteiger partial charge in [-0.3, -0.25) is 0 Å². The summed E-state index contributed by atoms with van der Waals surface area (Å²) in [7, 11) is 0. The van der Waals surface area contributed by atoms with Crippen LogP contribution in [0.1, 0.15) is 0 Å². The van der Waals surface area contributed by atoms with E-state index in [2.05, 4.69) is 0 Å². The molecule has 0 aliphatic heterocycles. The number of thioether (sulfide) groups is 1. The maximum Gasteiger partial charge on any atom is 0.136 e. The smallest absolute Gasteiger partial charge is 0.136 e. The quantitative estimate of drug-likeness (QED) is 0.781. The Balaban J connectivity index is 2.54. The fraction of sp³-hybridized carbons (Fsp3) is 0.200. The molecular formula is C10H11F2NS. The lowest BCUT2D eigenvalue weighted by Gasteiger charge is -2.00. The minimum absolute atomic E-state index is 0.123. The van der Waals surface area contributed by atoms with Crippen LogP contribution in [0.15, 0.2) is 41.1 Å². The van der Waals surface area contributed by atoms with Crippen LogP contribution >= 0.6 is 11.8 Å². The molecule has 1 aromatic rings. The minimum Gasteiger partial charge on any atom is -0.327 e. The summed E-state index contributed by atoms with van der Waals surface area (Å²) in [6.45, 7) is 0.170. The molecule has 14 heavy (non-hydrogen) atoms. The van der Waals surface area contributed by atoms with Gasteiger partial charge in [0, 0.05) is 17.2 Å². The molecule has 0 heterocycles. The fourth-order valence-corrected chi connectivity index (χ4v) is 1.69. The second-order valence-corrected chi connectivity index (χ2v) is 3.62. The van der Waals surface area contributed by atoms with E-state index < -0.39 is 0 Å². The average molecular weight is 215 g/mol. The molecule has 0 aliphatic carbocycles. The zero-order chi connectivity index (χ0) is 10.4. The lowest BCUT2D eigenvalue weighted by molar-refractivity contribution is 0.601. The van der Waals surface area contributed by atoms with Gasteiger partial charge in [0.25, 0.3) is 0 Å². The van der Waals surface area contributed by atoms with Crippen LogP contribution in [0, 0.1) is 5.82 Å². The van der Waals surface area contributed by atoms with E-state index in [4.69, 9.17) is 5.73 Å². The molecule has 1 rings (SSSR count). The zero-order valence-electron chi connectivity index (χ0n) is 7.54. The Morgan fingerprint density at radius 3 is 2.79 bits per heavy atom. The van der Waals surface area contributed by atoms with Crippen LogP contribution in [0.4, 0.5) is 8.78 Å². The molecule has 0 unspecified atom stereocenters. The molecule has 1 aromatic carbocycles. The van der Waals surface area contributed by atoms with Gasteiger partial charge >= 0.3 is 0 Å². The molecule has 0 amide bonds. The van der Waals surface area contributed by atoms with Gasteiger partial charge in [-0.15, -0.1) is 11.8 Å². The van der Waals surface area contributed by atoms with Crippen molar-refractivity contribution in [2.45, 2.75) is 4.90 Å². The first-order valence-electron chi connectivity index (χ1n) is 4.16. The molecule has 0 saturated heterocycles. The van der Waals surface area contributed by atoms with Crippen LogP contribution in [0.25, 0.3) is 0 Å². The third-order valence-corrected chi connectivity index (χ3v) is 2.60. The maximum atomic E-state index is 13.0. The largest absolute Gasteiger partial charge is 0.327 e. The third-order valence-electron chi connectivity index (χ3n) is 1.54. The molecule has 0 aromatic heterocycles. The first kappa shape index (κ1) is 11.2. The molecule has 0 atom stereocenters. The van der Waals surface area contributed by atoms with E-state index in [0.29, 0.717) is 4.90 Å². The Morgan fingerprint density at radius 1 is 1.43 bits per heavy atom. The number of nitrogens with two attached hydrogens (primary N) is 1. The van der Waals surface area contributed by atoms with Crippen LogP contribution < -0.4 is 5.73 Å². The zero-order valence-corrected chi connectivity index (χ0v) is 8.36. The maximum absolute atomic E-state index is 13.0. The average Bonchev–Trinajstić information content (AvgIpc) is 2.17. The Kier molecular flexibility index (Phi) is 4.62. The van der Waals surface area contributed by atoms with Crippen molar-refractivity contribution < 1.29 is 8.78 Å². The summed E-state index contributed by atoms with van der Waals surface area (Å²) in [6, 6.07) is 6.30. The van der Waals surface area contributed by atoms with E-state index in [9.17, 15) is 8.78 Å². The highest BCUT2D eigenvalue weighted by Gasteiger charge is 2.02. The Labute approximate surface area is 86.0 Å². The second kappa shape index (κ2) is 5.78. The van der Waals surface area contributed by atoms with Crippen molar-refractivity contribution >= 4 is 11.8 Å². The van der Waals surface area contributed by atoms with E-state index in [0.717, 1.165) is 11.8 Å². The van der Waals surface area contributed by atoms with Gasteiger partial charge in [0.05, 0.1) is 0 Å². The topological polar surface area (TPSA) is 26.0 Å². The number of rotatable bonds is 4. The SMILES string of the molecule is NC/C=C(\F)CSc1ccccc1F. The van der Waals surface area contributed by atoms with Crippen molar-refractivity contribution in [2.24, 2.45) is 5.73 Å². The molecular weight excluding hydrogens is 204 g/mol. The number of hydrogen-bond acceptors (Lipinski definition) is 2. The molecule has 0 saturated carbocycles. The summed E-state index contributed by atoms with van der Waals surface area (Å²) in [6.07, 6.45) is 1.29. The van der Waals surface area contributed by atoms with E-state index in [1.807, 2.05) is 0 Å². The van der Waals surface area contributed by atoms with Crippen LogP contribution in [0.5, 0.6) is 0 Å². The van der Waals surface area contributed by atoms with Gasteiger partial charge in [-0.05, 0) is 18.2 Å². The first-order valence-corrected chi connectivity index (χ1v) is 5.14. The third kappa shape index (κ3) is 3.47. The molecule has 1 nitrogen and oxygen atoms in total. The monoisotopic (exact) mass is 215 g/mol. The van der Waals surface area contributed by atoms with Crippen molar-refractivity contribution in [3.63, 3.8) is 0 Å². The summed E-state index contributed by atoms with van der Waals surface area (Å²) in [4.78, 5) is 0.452. The molecule has 0 aliphatic rings. The van der Waals surface area contributed by atoms with E-state index in [-0.39, 0.29) is 23.9 Å². The highest BCUT2D eigenvalue weighted by molar-refractivity contribution is 7.99. The highest BCUT2D eigenvalue weighted by Crippen LogP contribution is 2.23. The molecule has 0 bridgehead atoms. The lowest BCUT2D eigenvalue weighted by atomic mass is 10.3. The van der Waals surface area contributed by atoms with E-state index in [1.165, 1.54) is 12.1 Å². The summed E-state index contributed by atoms with van der Waals surface area (Å²) in [5, 5.41) is 0. The van der Waals surface area contributed by atoms with Gasteiger partial charge in [0.1, 0.15) is 11.6 Å². The van der Waals surface area contributed by atoms with Gasteiger partial charge in [-0.1, -0.05) is 12.1 Å². The predicted molar refractivity (Wildman–Crippen MR) is 55.4 cm³/mol. The first-order chi connectivity index (χ1) is 6.74. The van der Waals surface area contributed by atoms with Crippen LogP contribution in [0.2, 0.25) is 0 Å². The van der Waals surface area contributed by atoms with Crippen LogP contribution in [-0.4, -0.2) is 12.3 Å². The Hall–Kier alpha value is -0.870. The highest BCUT2D eigenvalue weighted by atomic mass is 32.2. The van der Waals surface area contributed by atoms with Gasteiger partial charge in [0.15, 0.2) is 0 Å². The second-order valence-electron chi connectivity index (χ2n) is 2.61. The predicted octanol–water partition coefficient (Wildman–Crippen LogP) is 2.73. The van der Waals surface area contributed by atoms with E-state index in [1.54, 1.807) is 18.2 Å². The molecule has 0 fully saturated rings. The standard InChI is InChI=1S/C10H11F2NS/c11-8(5-6-13)7-14-10-4-2-1-3-9(10)12/h1-5H,6-7,13H2/b8-5-. The van der Waals surface area contributed by atoms with Gasteiger partial charge in [0.2, 0.25) is 0 Å². The van der Waals surface area contributed by atoms with Crippen LogP contribution in [-0.2, 0) is 0 Å². The minimum atomic E-state index is -0.321. The summed E-state index contributed by atoms with van der Waals surface area (Å²) in [5.41, 5.74) is 5.13. The Morgan fingerprint density at radius 2 is 2.14 bits per heavy atom. The van der Waals surface area contributed by atoms with Crippen molar-refractivity contribution in [2.75, 3.05) is 12.3 Å². The normalized spacial score (nSPS) is 11.8. The van der Waals surface area contributed by atoms with Crippen molar-refractivity contribution in [1.82, 2.24) is 0 Å². The van der Waals surface area contributed by atoms with Crippen molar-refractivity contribution in [3.8, 4) is 0 Å². The summed E-state index contributed by atoms with van der Waals surface area (Å²) < 4.78 is 25.9. The van der Waals surface area contributed by atoms with Gasteiger partial charge in [-0.25, -0.2) is 8.78 Å². The summed E-state index contributed by atoms with van der Waals surface area (Å²) >= 11 is 1.12. The molecule has 4 heteroatoms. The number of halogens is 2. The number of hydrogen-bond donors (Lipinski definition) is 1.